The van der Waals surface area contributed by atoms with Crippen LogP contribution in [0.5, 0.6) is 0 Å². The number of fused-ring (bicyclic) bond motifs is 2. The molecule has 0 aromatic carbocycles. The van der Waals surface area contributed by atoms with Crippen LogP contribution in [0.1, 0.15) is 25.7 Å². The number of nitrogens with zero attached hydrogens (tertiary/aromatic N) is 2. The van der Waals surface area contributed by atoms with E-state index < -0.39 is 12.0 Å². The molecule has 0 aromatic rings. The number of hydrogen-bond donors (Lipinski definition) is 2. The molecule has 0 saturated carbocycles. The number of amides is 1. The highest BCUT2D eigenvalue weighted by molar-refractivity contribution is 5.84. The number of aliphatic hydroxyl groups is 2. The van der Waals surface area contributed by atoms with Crippen molar-refractivity contribution in [2.75, 3.05) is 13.1 Å². The molecule has 3 fully saturated rings. The minimum Gasteiger partial charge on any atom is -0.352 e. The summed E-state index contributed by atoms with van der Waals surface area (Å²) in [6.45, 7) is 1.30. The number of rotatable bonds is 0. The minimum atomic E-state index is -1.80. The Hall–Kier alpha value is -0.650. The maximum Gasteiger partial charge on any atom is 0.247 e. The van der Waals surface area contributed by atoms with E-state index in [1.165, 1.54) is 0 Å². The van der Waals surface area contributed by atoms with Crippen molar-refractivity contribution < 1.29 is 15.0 Å². The fourth-order valence-electron chi connectivity index (χ4n) is 3.23. The van der Waals surface area contributed by atoms with Gasteiger partial charge in [-0.2, -0.15) is 0 Å². The Balaban J connectivity index is 1.99. The zero-order valence-corrected chi connectivity index (χ0v) is 8.59. The molecule has 0 bridgehead atoms. The Labute approximate surface area is 88.3 Å². The fraction of sp³-hybridized carbons (Fsp3) is 0.900. The van der Waals surface area contributed by atoms with Crippen LogP contribution in [0, 0.1) is 0 Å². The summed E-state index contributed by atoms with van der Waals surface area (Å²) < 4.78 is 0. The van der Waals surface area contributed by atoms with E-state index in [-0.39, 0.29) is 11.9 Å². The molecule has 5 heteroatoms. The van der Waals surface area contributed by atoms with E-state index in [0.717, 1.165) is 19.3 Å². The Bertz CT molecular complexity index is 279. The van der Waals surface area contributed by atoms with E-state index in [4.69, 9.17) is 0 Å². The molecule has 0 radical (unpaired) electrons. The molecule has 3 heterocycles. The first-order chi connectivity index (χ1) is 7.12. The molecule has 3 aliphatic heterocycles. The van der Waals surface area contributed by atoms with E-state index in [2.05, 4.69) is 0 Å². The van der Waals surface area contributed by atoms with Crippen LogP contribution in [0.2, 0.25) is 0 Å². The molecule has 0 aliphatic carbocycles. The Morgan fingerprint density at radius 1 is 1.20 bits per heavy atom. The highest BCUT2D eigenvalue weighted by Gasteiger charge is 2.57. The number of carbonyl (C=O) groups excluding carboxylic acids is 1. The molecule has 84 valence electrons. The molecule has 3 rings (SSSR count). The molecular formula is C10H16N2O3. The summed E-state index contributed by atoms with van der Waals surface area (Å²) in [5.74, 6) is -1.71. The summed E-state index contributed by atoms with van der Waals surface area (Å²) in [5, 5.41) is 20.2. The molecule has 1 amide bonds. The van der Waals surface area contributed by atoms with Gasteiger partial charge in [0.15, 0.2) is 0 Å². The predicted octanol–water partition coefficient (Wildman–Crippen LogP) is -0.906. The largest absolute Gasteiger partial charge is 0.352 e. The molecule has 2 atom stereocenters. The monoisotopic (exact) mass is 212 g/mol. The van der Waals surface area contributed by atoms with Gasteiger partial charge in [0.05, 0.1) is 6.04 Å². The summed E-state index contributed by atoms with van der Waals surface area (Å²) in [7, 11) is 0. The van der Waals surface area contributed by atoms with Crippen molar-refractivity contribution in [3.8, 4) is 0 Å². The lowest BCUT2D eigenvalue weighted by atomic mass is 10.0. The molecule has 15 heavy (non-hydrogen) atoms. The highest BCUT2D eigenvalue weighted by atomic mass is 16.5. The van der Waals surface area contributed by atoms with Gasteiger partial charge in [0, 0.05) is 13.1 Å². The van der Waals surface area contributed by atoms with Crippen LogP contribution in [0.4, 0.5) is 0 Å². The first-order valence-electron chi connectivity index (χ1n) is 5.64. The van der Waals surface area contributed by atoms with Crippen LogP contribution in [0.15, 0.2) is 0 Å². The normalized spacial score (nSPS) is 39.3. The van der Waals surface area contributed by atoms with E-state index in [9.17, 15) is 15.0 Å². The van der Waals surface area contributed by atoms with E-state index in [1.807, 2.05) is 0 Å². The SMILES string of the molecule is O=C1[C@@H]2CCCN2C(O)(O)[C@@H]2CCCN12. The van der Waals surface area contributed by atoms with Gasteiger partial charge < -0.3 is 15.1 Å². The molecule has 0 unspecified atom stereocenters. The van der Waals surface area contributed by atoms with Crippen LogP contribution < -0.4 is 0 Å². The first kappa shape index (κ1) is 9.57. The van der Waals surface area contributed by atoms with E-state index in [0.29, 0.717) is 19.5 Å². The Kier molecular flexibility index (Phi) is 1.87. The molecule has 3 saturated heterocycles. The molecule has 5 nitrogen and oxygen atoms in total. The summed E-state index contributed by atoms with van der Waals surface area (Å²) in [6.07, 6.45) is 3.20. The minimum absolute atomic E-state index is 0.0914. The van der Waals surface area contributed by atoms with Crippen LogP contribution >= 0.6 is 0 Å². The second-order valence-electron chi connectivity index (χ2n) is 4.73. The third kappa shape index (κ3) is 1.11. The van der Waals surface area contributed by atoms with Crippen molar-refractivity contribution in [3.63, 3.8) is 0 Å². The topological polar surface area (TPSA) is 64.0 Å². The molecule has 2 N–H and O–H groups in total. The Morgan fingerprint density at radius 3 is 2.73 bits per heavy atom. The van der Waals surface area contributed by atoms with Crippen LogP contribution in [0.25, 0.3) is 0 Å². The number of hydrogen-bond acceptors (Lipinski definition) is 4. The second-order valence-corrected chi connectivity index (χ2v) is 4.73. The lowest BCUT2D eigenvalue weighted by Gasteiger charge is -2.48. The average molecular weight is 212 g/mol. The van der Waals surface area contributed by atoms with Crippen molar-refractivity contribution in [1.82, 2.24) is 9.80 Å². The van der Waals surface area contributed by atoms with Gasteiger partial charge in [0.1, 0.15) is 6.04 Å². The molecular weight excluding hydrogens is 196 g/mol. The quantitative estimate of drug-likeness (QED) is 0.510. The van der Waals surface area contributed by atoms with Crippen molar-refractivity contribution in [2.45, 2.75) is 43.7 Å². The number of carbonyl (C=O) groups is 1. The van der Waals surface area contributed by atoms with Gasteiger partial charge >= 0.3 is 0 Å². The van der Waals surface area contributed by atoms with Gasteiger partial charge in [-0.15, -0.1) is 0 Å². The first-order valence-corrected chi connectivity index (χ1v) is 5.64. The van der Waals surface area contributed by atoms with Crippen molar-refractivity contribution in [1.29, 1.82) is 0 Å². The third-order valence-corrected chi connectivity index (χ3v) is 3.94. The summed E-state index contributed by atoms with van der Waals surface area (Å²) in [4.78, 5) is 15.3. The highest BCUT2D eigenvalue weighted by Crippen LogP contribution is 2.38. The molecule has 3 aliphatic rings. The van der Waals surface area contributed by atoms with Crippen molar-refractivity contribution in [2.24, 2.45) is 0 Å². The van der Waals surface area contributed by atoms with Crippen molar-refractivity contribution in [3.05, 3.63) is 0 Å². The summed E-state index contributed by atoms with van der Waals surface area (Å²) in [6, 6.07) is -0.714. The van der Waals surface area contributed by atoms with Gasteiger partial charge in [-0.05, 0) is 25.7 Å². The standard InChI is InChI=1S/C10H16N2O3/c13-9-7-3-1-6-12(7)10(14,15)8-4-2-5-11(8)9/h7-8,14-15H,1-6H2/t7-,8-/m0/s1. The summed E-state index contributed by atoms with van der Waals surface area (Å²) >= 11 is 0. The van der Waals surface area contributed by atoms with Gasteiger partial charge in [-0.1, -0.05) is 0 Å². The smallest absolute Gasteiger partial charge is 0.247 e. The zero-order valence-electron chi connectivity index (χ0n) is 8.59. The van der Waals surface area contributed by atoms with Crippen molar-refractivity contribution >= 4 is 5.91 Å². The molecule has 0 aromatic heterocycles. The van der Waals surface area contributed by atoms with Gasteiger partial charge in [-0.25, -0.2) is 4.90 Å². The van der Waals surface area contributed by atoms with Gasteiger partial charge in [0.2, 0.25) is 11.8 Å². The lowest BCUT2D eigenvalue weighted by Crippen LogP contribution is -2.70. The lowest BCUT2D eigenvalue weighted by molar-refractivity contribution is -0.307. The van der Waals surface area contributed by atoms with Crippen LogP contribution in [0.3, 0.4) is 0 Å². The fourth-order valence-corrected chi connectivity index (χ4v) is 3.23. The van der Waals surface area contributed by atoms with Gasteiger partial charge in [-0.3, -0.25) is 4.79 Å². The van der Waals surface area contributed by atoms with Gasteiger partial charge in [0.25, 0.3) is 0 Å². The third-order valence-electron chi connectivity index (χ3n) is 3.94. The maximum absolute atomic E-state index is 12.0. The zero-order chi connectivity index (χ0) is 10.6. The van der Waals surface area contributed by atoms with E-state index in [1.54, 1.807) is 9.80 Å². The number of piperazine rings is 1. The Morgan fingerprint density at radius 2 is 1.93 bits per heavy atom. The van der Waals surface area contributed by atoms with Crippen LogP contribution in [-0.2, 0) is 4.79 Å². The van der Waals surface area contributed by atoms with Crippen LogP contribution in [-0.4, -0.2) is 57.0 Å². The molecule has 0 spiro atoms. The summed E-state index contributed by atoms with van der Waals surface area (Å²) in [5.41, 5.74) is 0. The maximum atomic E-state index is 12.0. The predicted molar refractivity (Wildman–Crippen MR) is 51.6 cm³/mol. The second kappa shape index (κ2) is 2.93. The van der Waals surface area contributed by atoms with E-state index >= 15 is 0 Å². The average Bonchev–Trinajstić information content (AvgIpc) is 2.84.